The van der Waals surface area contributed by atoms with E-state index in [0.717, 1.165) is 18.4 Å². The molecule has 0 amide bonds. The largest absolute Gasteiger partial charge is 0.444 e. The minimum Gasteiger partial charge on any atom is -0.444 e. The third kappa shape index (κ3) is 4.18. The van der Waals surface area contributed by atoms with E-state index in [1.807, 2.05) is 30.3 Å². The van der Waals surface area contributed by atoms with Crippen LogP contribution in [0.15, 0.2) is 30.3 Å². The van der Waals surface area contributed by atoms with Crippen molar-refractivity contribution in [1.29, 1.82) is 0 Å². The first kappa shape index (κ1) is 12.3. The van der Waals surface area contributed by atoms with Gasteiger partial charge in [-0.1, -0.05) is 49.1 Å². The van der Waals surface area contributed by atoms with Gasteiger partial charge in [-0.05, 0) is 6.42 Å². The van der Waals surface area contributed by atoms with Crippen LogP contribution in [0.5, 0.6) is 0 Å². The van der Waals surface area contributed by atoms with Gasteiger partial charge in [-0.15, -0.1) is 0 Å². The Morgan fingerprint density at radius 3 is 2.62 bits per heavy atom. The van der Waals surface area contributed by atoms with Crippen LogP contribution >= 0.6 is 0 Å². The summed E-state index contributed by atoms with van der Waals surface area (Å²) in [6, 6.07) is 9.57. The van der Waals surface area contributed by atoms with E-state index in [9.17, 15) is 4.79 Å². The lowest BCUT2D eigenvalue weighted by Gasteiger charge is -2.10. The Bertz CT molecular complexity index is 384. The van der Waals surface area contributed by atoms with E-state index < -0.39 is 6.10 Å². The molecule has 16 heavy (non-hydrogen) atoms. The normalized spacial score (nSPS) is 11.1. The summed E-state index contributed by atoms with van der Waals surface area (Å²) in [4.78, 5) is 11.0. The lowest BCUT2D eigenvalue weighted by molar-refractivity contribution is -0.144. The van der Waals surface area contributed by atoms with Crippen LogP contribution in [-0.4, -0.2) is 5.97 Å². The number of esters is 1. The molecule has 2 heteroatoms. The van der Waals surface area contributed by atoms with Gasteiger partial charge in [0, 0.05) is 18.9 Å². The van der Waals surface area contributed by atoms with E-state index in [2.05, 4.69) is 18.8 Å². The van der Waals surface area contributed by atoms with Gasteiger partial charge in [0.05, 0.1) is 0 Å². The van der Waals surface area contributed by atoms with Crippen molar-refractivity contribution in [1.82, 2.24) is 0 Å². The number of ether oxygens (including phenoxy) is 1. The fourth-order valence-corrected chi connectivity index (χ4v) is 1.26. The van der Waals surface area contributed by atoms with Gasteiger partial charge in [0.1, 0.15) is 0 Å². The van der Waals surface area contributed by atoms with Crippen LogP contribution in [0.1, 0.15) is 38.4 Å². The quantitative estimate of drug-likeness (QED) is 0.573. The van der Waals surface area contributed by atoms with Crippen LogP contribution in [0.25, 0.3) is 0 Å². The summed E-state index contributed by atoms with van der Waals surface area (Å²) < 4.78 is 5.17. The second kappa shape index (κ2) is 6.68. The third-order valence-corrected chi connectivity index (χ3v) is 1.99. The van der Waals surface area contributed by atoms with Gasteiger partial charge >= 0.3 is 5.97 Å². The first-order valence-corrected chi connectivity index (χ1v) is 5.44. The molecule has 0 aromatic heterocycles. The predicted molar refractivity (Wildman–Crippen MR) is 63.6 cm³/mol. The first-order chi connectivity index (χ1) is 7.74. The third-order valence-electron chi connectivity index (χ3n) is 1.99. The summed E-state index contributed by atoms with van der Waals surface area (Å²) in [5.41, 5.74) is 0.918. The molecule has 84 valence electrons. The van der Waals surface area contributed by atoms with Crippen molar-refractivity contribution < 1.29 is 9.53 Å². The van der Waals surface area contributed by atoms with Crippen molar-refractivity contribution in [2.45, 2.75) is 32.8 Å². The number of unbranched alkanes of at least 4 members (excludes halogenated alkanes) is 1. The van der Waals surface area contributed by atoms with Crippen molar-refractivity contribution in [3.8, 4) is 11.8 Å². The molecule has 2 nitrogen and oxygen atoms in total. The molecule has 1 aromatic rings. The maximum atomic E-state index is 11.0. The lowest BCUT2D eigenvalue weighted by Crippen LogP contribution is -2.06. The van der Waals surface area contributed by atoms with E-state index >= 15 is 0 Å². The molecule has 0 radical (unpaired) electrons. The molecule has 0 saturated carbocycles. The zero-order valence-corrected chi connectivity index (χ0v) is 9.69. The van der Waals surface area contributed by atoms with E-state index in [0.29, 0.717) is 0 Å². The molecular formula is C14H16O2. The zero-order chi connectivity index (χ0) is 11.8. The molecule has 1 rings (SSSR count). The number of benzene rings is 1. The van der Waals surface area contributed by atoms with Crippen molar-refractivity contribution in [3.05, 3.63) is 35.9 Å². The predicted octanol–water partition coefficient (Wildman–Crippen LogP) is 3.09. The van der Waals surface area contributed by atoms with Crippen molar-refractivity contribution in [2.24, 2.45) is 0 Å². The second-order valence-corrected chi connectivity index (χ2v) is 3.47. The summed E-state index contributed by atoms with van der Waals surface area (Å²) >= 11 is 0. The number of hydrogen-bond acceptors (Lipinski definition) is 2. The molecule has 1 atom stereocenters. The van der Waals surface area contributed by atoms with Gasteiger partial charge < -0.3 is 4.74 Å². The highest BCUT2D eigenvalue weighted by Gasteiger charge is 2.10. The fraction of sp³-hybridized carbons (Fsp3) is 0.357. The molecule has 0 saturated heterocycles. The highest BCUT2D eigenvalue weighted by molar-refractivity contribution is 5.66. The van der Waals surface area contributed by atoms with E-state index in [-0.39, 0.29) is 5.97 Å². The Labute approximate surface area is 96.6 Å². The van der Waals surface area contributed by atoms with Gasteiger partial charge in [0.25, 0.3) is 0 Å². The molecule has 0 bridgehead atoms. The summed E-state index contributed by atoms with van der Waals surface area (Å²) in [6.07, 6.45) is 1.39. The van der Waals surface area contributed by atoms with Crippen LogP contribution in [-0.2, 0) is 9.53 Å². The smallest absolute Gasteiger partial charge is 0.304 e. The Morgan fingerprint density at radius 1 is 1.38 bits per heavy atom. The Kier molecular flexibility index (Phi) is 5.15. The van der Waals surface area contributed by atoms with Crippen LogP contribution in [0, 0.1) is 11.8 Å². The number of rotatable bonds is 3. The minimum atomic E-state index is -0.440. The van der Waals surface area contributed by atoms with Crippen LogP contribution in [0.2, 0.25) is 0 Å². The maximum Gasteiger partial charge on any atom is 0.304 e. The molecule has 0 aliphatic carbocycles. The van der Waals surface area contributed by atoms with E-state index in [1.165, 1.54) is 6.92 Å². The summed E-state index contributed by atoms with van der Waals surface area (Å²) in [5.74, 6) is 5.68. The van der Waals surface area contributed by atoms with Gasteiger partial charge in [0.15, 0.2) is 6.10 Å². The monoisotopic (exact) mass is 216 g/mol. The molecule has 1 unspecified atom stereocenters. The van der Waals surface area contributed by atoms with E-state index in [4.69, 9.17) is 4.74 Å². The van der Waals surface area contributed by atoms with Crippen LogP contribution < -0.4 is 0 Å². The van der Waals surface area contributed by atoms with Crippen molar-refractivity contribution in [2.75, 3.05) is 0 Å². The minimum absolute atomic E-state index is 0.306. The highest BCUT2D eigenvalue weighted by atomic mass is 16.5. The molecule has 0 spiro atoms. The average molecular weight is 216 g/mol. The maximum absolute atomic E-state index is 11.0. The SMILES string of the molecule is CCCC#CC(OC(C)=O)c1ccccc1. The number of hydrogen-bond donors (Lipinski definition) is 0. The summed E-state index contributed by atoms with van der Waals surface area (Å²) in [6.45, 7) is 3.47. The average Bonchev–Trinajstić information content (AvgIpc) is 2.29. The van der Waals surface area contributed by atoms with Crippen molar-refractivity contribution in [3.63, 3.8) is 0 Å². The summed E-state index contributed by atoms with van der Waals surface area (Å²) in [5, 5.41) is 0. The number of carbonyl (C=O) groups is 1. The standard InChI is InChI=1S/C14H16O2/c1-3-4-6-11-14(16-12(2)15)13-9-7-5-8-10-13/h5,7-10,14H,3-4H2,1-2H3. The van der Waals surface area contributed by atoms with Crippen molar-refractivity contribution >= 4 is 5.97 Å². The fourth-order valence-electron chi connectivity index (χ4n) is 1.26. The molecule has 0 heterocycles. The topological polar surface area (TPSA) is 26.3 Å². The van der Waals surface area contributed by atoms with Gasteiger partial charge in [0.2, 0.25) is 0 Å². The molecule has 1 aromatic carbocycles. The molecule has 0 N–H and O–H groups in total. The Hall–Kier alpha value is -1.75. The molecule has 0 fully saturated rings. The molecule has 0 aliphatic heterocycles. The van der Waals surface area contributed by atoms with Crippen LogP contribution in [0.4, 0.5) is 0 Å². The van der Waals surface area contributed by atoms with Gasteiger partial charge in [-0.25, -0.2) is 0 Å². The lowest BCUT2D eigenvalue weighted by atomic mass is 10.1. The highest BCUT2D eigenvalue weighted by Crippen LogP contribution is 2.16. The number of carbonyl (C=O) groups excluding carboxylic acids is 1. The molecular weight excluding hydrogens is 200 g/mol. The zero-order valence-electron chi connectivity index (χ0n) is 9.69. The first-order valence-electron chi connectivity index (χ1n) is 5.44. The Balaban J connectivity index is 2.80. The molecule has 0 aliphatic rings. The second-order valence-electron chi connectivity index (χ2n) is 3.47. The van der Waals surface area contributed by atoms with Gasteiger partial charge in [-0.2, -0.15) is 0 Å². The van der Waals surface area contributed by atoms with Gasteiger partial charge in [-0.3, -0.25) is 4.79 Å². The Morgan fingerprint density at radius 2 is 2.06 bits per heavy atom. The van der Waals surface area contributed by atoms with Crippen LogP contribution in [0.3, 0.4) is 0 Å². The summed E-state index contributed by atoms with van der Waals surface area (Å²) in [7, 11) is 0. The van der Waals surface area contributed by atoms with E-state index in [1.54, 1.807) is 0 Å².